The number of ether oxygens (including phenoxy) is 1. The van der Waals surface area contributed by atoms with Crippen molar-refractivity contribution in [1.29, 1.82) is 0 Å². The summed E-state index contributed by atoms with van der Waals surface area (Å²) < 4.78 is 4.53. The Kier molecular flexibility index (Phi) is 6.97. The predicted molar refractivity (Wildman–Crippen MR) is 90.9 cm³/mol. The first-order chi connectivity index (χ1) is 11.6. The Morgan fingerprint density at radius 1 is 1.04 bits per heavy atom. The molecule has 0 atom stereocenters. The highest BCUT2D eigenvalue weighted by atomic mass is 16.5. The molecule has 2 rings (SSSR count). The number of hydrogen-bond acceptors (Lipinski definition) is 4. The third kappa shape index (κ3) is 5.48. The molecular weight excluding hydrogens is 306 g/mol. The summed E-state index contributed by atoms with van der Waals surface area (Å²) in [5, 5.41) is 2.72. The molecule has 0 saturated heterocycles. The lowest BCUT2D eigenvalue weighted by Gasteiger charge is -2.16. The zero-order chi connectivity index (χ0) is 17.4. The van der Waals surface area contributed by atoms with Crippen molar-refractivity contribution < 1.29 is 19.1 Å². The van der Waals surface area contributed by atoms with Crippen LogP contribution in [0.15, 0.2) is 18.2 Å². The summed E-state index contributed by atoms with van der Waals surface area (Å²) in [6.07, 6.45) is 5.74. The van der Waals surface area contributed by atoms with Gasteiger partial charge in [-0.1, -0.05) is 12.1 Å². The molecule has 0 spiro atoms. The number of ketones is 1. The largest absolute Gasteiger partial charge is 0.469 e. The summed E-state index contributed by atoms with van der Waals surface area (Å²) in [6.45, 7) is 0.418. The van der Waals surface area contributed by atoms with Crippen molar-refractivity contribution in [2.75, 3.05) is 13.7 Å². The van der Waals surface area contributed by atoms with E-state index in [-0.39, 0.29) is 36.9 Å². The quantitative estimate of drug-likeness (QED) is 0.451. The lowest BCUT2D eigenvalue weighted by Crippen LogP contribution is -2.25. The van der Waals surface area contributed by atoms with Crippen LogP contribution in [0.4, 0.5) is 0 Å². The monoisotopic (exact) mass is 331 g/mol. The number of fused-ring (bicyclic) bond motifs is 1. The maximum absolute atomic E-state index is 12.3. The molecular formula is C19H25NO4. The van der Waals surface area contributed by atoms with Crippen molar-refractivity contribution in [2.45, 2.75) is 51.4 Å². The normalized spacial score (nSPS) is 13.0. The van der Waals surface area contributed by atoms with Crippen LogP contribution >= 0.6 is 0 Å². The van der Waals surface area contributed by atoms with E-state index in [2.05, 4.69) is 16.1 Å². The Morgan fingerprint density at radius 2 is 1.79 bits per heavy atom. The van der Waals surface area contributed by atoms with Gasteiger partial charge in [0.15, 0.2) is 5.78 Å². The number of hydrogen-bond donors (Lipinski definition) is 1. The van der Waals surface area contributed by atoms with Crippen LogP contribution in [-0.2, 0) is 27.2 Å². The van der Waals surface area contributed by atoms with Crippen LogP contribution in [0.1, 0.15) is 60.0 Å². The summed E-state index contributed by atoms with van der Waals surface area (Å²) >= 11 is 0. The number of aryl methyl sites for hydroxylation is 2. The van der Waals surface area contributed by atoms with Crippen LogP contribution in [0.3, 0.4) is 0 Å². The van der Waals surface area contributed by atoms with Crippen LogP contribution in [0.25, 0.3) is 0 Å². The maximum Gasteiger partial charge on any atom is 0.305 e. The van der Waals surface area contributed by atoms with E-state index >= 15 is 0 Å². The minimum absolute atomic E-state index is 0.00749. The number of nitrogens with one attached hydrogen (secondary N) is 1. The van der Waals surface area contributed by atoms with Gasteiger partial charge < -0.3 is 10.1 Å². The van der Waals surface area contributed by atoms with Crippen molar-refractivity contribution in [1.82, 2.24) is 5.32 Å². The van der Waals surface area contributed by atoms with Crippen molar-refractivity contribution in [2.24, 2.45) is 0 Å². The molecule has 0 fully saturated rings. The van der Waals surface area contributed by atoms with E-state index in [1.807, 2.05) is 12.1 Å². The average Bonchev–Trinajstić information content (AvgIpc) is 2.62. The van der Waals surface area contributed by atoms with Gasteiger partial charge in [0.25, 0.3) is 0 Å². The molecule has 1 aliphatic carbocycles. The van der Waals surface area contributed by atoms with Gasteiger partial charge >= 0.3 is 5.97 Å². The molecule has 0 aliphatic heterocycles. The summed E-state index contributed by atoms with van der Waals surface area (Å²) in [6, 6.07) is 5.92. The third-order valence-corrected chi connectivity index (χ3v) is 4.36. The highest BCUT2D eigenvalue weighted by Crippen LogP contribution is 2.22. The lowest BCUT2D eigenvalue weighted by atomic mass is 9.89. The summed E-state index contributed by atoms with van der Waals surface area (Å²) in [5.74, 6) is -0.439. The second-order valence-corrected chi connectivity index (χ2v) is 6.14. The van der Waals surface area contributed by atoms with E-state index < -0.39 is 0 Å². The molecule has 1 aromatic rings. The fourth-order valence-electron chi connectivity index (χ4n) is 2.93. The van der Waals surface area contributed by atoms with Crippen molar-refractivity contribution >= 4 is 17.7 Å². The van der Waals surface area contributed by atoms with Gasteiger partial charge in [0.1, 0.15) is 0 Å². The second kappa shape index (κ2) is 9.21. The molecule has 1 aliphatic rings. The Bertz CT molecular complexity index is 609. The van der Waals surface area contributed by atoms with E-state index in [1.165, 1.54) is 31.1 Å². The number of benzene rings is 1. The first-order valence-electron chi connectivity index (χ1n) is 8.58. The minimum Gasteiger partial charge on any atom is -0.469 e. The molecule has 0 aromatic heterocycles. The highest BCUT2D eigenvalue weighted by molar-refractivity contribution is 5.98. The second-order valence-electron chi connectivity index (χ2n) is 6.14. The Labute approximate surface area is 142 Å². The highest BCUT2D eigenvalue weighted by Gasteiger charge is 2.14. The third-order valence-electron chi connectivity index (χ3n) is 4.36. The van der Waals surface area contributed by atoms with E-state index in [1.54, 1.807) is 0 Å². The molecule has 5 nitrogen and oxygen atoms in total. The number of esters is 1. The molecule has 1 aromatic carbocycles. The Morgan fingerprint density at radius 3 is 2.54 bits per heavy atom. The fourth-order valence-corrected chi connectivity index (χ4v) is 2.93. The van der Waals surface area contributed by atoms with Crippen LogP contribution in [0, 0.1) is 0 Å². The molecule has 0 bridgehead atoms. The van der Waals surface area contributed by atoms with Gasteiger partial charge in [-0.15, -0.1) is 0 Å². The molecule has 130 valence electrons. The van der Waals surface area contributed by atoms with Gasteiger partial charge in [-0.3, -0.25) is 14.4 Å². The molecule has 5 heteroatoms. The van der Waals surface area contributed by atoms with E-state index in [0.717, 1.165) is 12.8 Å². The number of carbonyl (C=O) groups is 3. The van der Waals surface area contributed by atoms with Gasteiger partial charge in [-0.25, -0.2) is 0 Å². The Balaban J connectivity index is 1.72. The van der Waals surface area contributed by atoms with Crippen molar-refractivity contribution in [3.8, 4) is 0 Å². The predicted octanol–water partition coefficient (Wildman–Crippen LogP) is 2.60. The molecule has 0 heterocycles. The number of rotatable bonds is 8. The molecule has 0 radical (unpaired) electrons. The SMILES string of the molecule is COC(=O)CCCNC(=O)CCC(=O)c1ccc2c(c1)CCCC2. The summed E-state index contributed by atoms with van der Waals surface area (Å²) in [5.41, 5.74) is 3.33. The smallest absolute Gasteiger partial charge is 0.305 e. The minimum atomic E-state index is -0.285. The first kappa shape index (κ1) is 18.2. The number of carbonyl (C=O) groups excluding carboxylic acids is 3. The van der Waals surface area contributed by atoms with Crippen LogP contribution < -0.4 is 5.32 Å². The average molecular weight is 331 g/mol. The molecule has 24 heavy (non-hydrogen) atoms. The van der Waals surface area contributed by atoms with Crippen molar-refractivity contribution in [3.63, 3.8) is 0 Å². The van der Waals surface area contributed by atoms with E-state index in [4.69, 9.17) is 0 Å². The molecule has 0 saturated carbocycles. The summed E-state index contributed by atoms with van der Waals surface area (Å²) in [7, 11) is 1.34. The summed E-state index contributed by atoms with van der Waals surface area (Å²) in [4.78, 5) is 34.9. The molecule has 1 N–H and O–H groups in total. The van der Waals surface area contributed by atoms with Gasteiger partial charge in [0, 0.05) is 31.4 Å². The van der Waals surface area contributed by atoms with Gasteiger partial charge in [-0.2, -0.15) is 0 Å². The zero-order valence-electron chi connectivity index (χ0n) is 14.2. The molecule has 1 amide bonds. The fraction of sp³-hybridized carbons (Fsp3) is 0.526. The van der Waals surface area contributed by atoms with E-state index in [9.17, 15) is 14.4 Å². The van der Waals surface area contributed by atoms with Crippen LogP contribution in [0.2, 0.25) is 0 Å². The standard InChI is InChI=1S/C19H25NO4/c1-24-19(23)7-4-12-20-18(22)11-10-17(21)16-9-8-14-5-2-3-6-15(14)13-16/h8-9,13H,2-7,10-12H2,1H3,(H,20,22). The lowest BCUT2D eigenvalue weighted by molar-refractivity contribution is -0.140. The number of amides is 1. The first-order valence-corrected chi connectivity index (χ1v) is 8.58. The number of Topliss-reactive ketones (excluding diaryl/α,β-unsaturated/α-hetero) is 1. The van der Waals surface area contributed by atoms with Crippen LogP contribution in [-0.4, -0.2) is 31.3 Å². The van der Waals surface area contributed by atoms with E-state index in [0.29, 0.717) is 18.5 Å². The maximum atomic E-state index is 12.3. The van der Waals surface area contributed by atoms with Gasteiger partial charge in [0.05, 0.1) is 7.11 Å². The van der Waals surface area contributed by atoms with Gasteiger partial charge in [0.2, 0.25) is 5.91 Å². The van der Waals surface area contributed by atoms with Crippen molar-refractivity contribution in [3.05, 3.63) is 34.9 Å². The molecule has 0 unspecified atom stereocenters. The topological polar surface area (TPSA) is 72.5 Å². The van der Waals surface area contributed by atoms with Crippen LogP contribution in [0.5, 0.6) is 0 Å². The number of methoxy groups -OCH3 is 1. The zero-order valence-corrected chi connectivity index (χ0v) is 14.2. The Hall–Kier alpha value is -2.17. The van der Waals surface area contributed by atoms with Gasteiger partial charge in [-0.05, 0) is 49.3 Å².